The Hall–Kier alpha value is -3.10. The zero-order valence-corrected chi connectivity index (χ0v) is 23.0. The van der Waals surface area contributed by atoms with Gasteiger partial charge in [-0.3, -0.25) is 0 Å². The lowest BCUT2D eigenvalue weighted by Crippen LogP contribution is -2.29. The van der Waals surface area contributed by atoms with Crippen molar-refractivity contribution >= 4 is 37.4 Å². The molecule has 0 aliphatic rings. The number of hydrogen-bond donors (Lipinski definition) is 0. The van der Waals surface area contributed by atoms with E-state index >= 15 is 0 Å². The van der Waals surface area contributed by atoms with Gasteiger partial charge in [0.15, 0.2) is 0 Å². The Morgan fingerprint density at radius 3 is 0.750 bits per heavy atom. The van der Waals surface area contributed by atoms with Crippen LogP contribution in [0.25, 0.3) is 0 Å². The summed E-state index contributed by atoms with van der Waals surface area (Å²) < 4.78 is 24.3. The van der Waals surface area contributed by atoms with E-state index in [1.807, 2.05) is 48.5 Å². The predicted octanol–water partition coefficient (Wildman–Crippen LogP) is 5.05. The molecule has 0 amide bonds. The molecule has 7 heteroatoms. The Labute approximate surface area is 216 Å². The second-order valence-corrected chi connectivity index (χ2v) is 12.7. The molecule has 0 N–H and O–H groups in total. The molecule has 0 unspecified atom stereocenters. The van der Waals surface area contributed by atoms with Crippen molar-refractivity contribution in [1.82, 2.24) is 4.44 Å². The molecule has 0 atom stereocenters. The van der Waals surface area contributed by atoms with Crippen molar-refractivity contribution in [1.29, 1.82) is 0 Å². The van der Waals surface area contributed by atoms with Gasteiger partial charge in [-0.15, -0.1) is 0 Å². The molecule has 36 heavy (non-hydrogen) atoms. The van der Waals surface area contributed by atoms with Gasteiger partial charge < -0.3 is 18.9 Å². The van der Waals surface area contributed by atoms with Crippen molar-refractivity contribution in [2.45, 2.75) is 0 Å². The molecule has 4 rings (SSSR count). The van der Waals surface area contributed by atoms with E-state index in [4.69, 9.17) is 18.9 Å². The normalized spacial score (nSPS) is 11.1. The summed E-state index contributed by atoms with van der Waals surface area (Å²) >= 11 is 0. The number of hydrogen-bond acceptors (Lipinski definition) is 5. The third-order valence-corrected chi connectivity index (χ3v) is 11.2. The highest BCUT2D eigenvalue weighted by Gasteiger charge is 2.29. The van der Waals surface area contributed by atoms with E-state index in [1.54, 1.807) is 28.4 Å². The Morgan fingerprint density at radius 2 is 0.583 bits per heavy atom. The lowest BCUT2D eigenvalue weighted by Gasteiger charge is -2.36. The predicted molar refractivity (Wildman–Crippen MR) is 152 cm³/mol. The molecule has 0 saturated carbocycles. The molecular weight excluding hydrogens is 488 g/mol. The van der Waals surface area contributed by atoms with Crippen LogP contribution in [0.3, 0.4) is 0 Å². The van der Waals surface area contributed by atoms with Gasteiger partial charge in [-0.25, -0.2) is 4.44 Å². The summed E-state index contributed by atoms with van der Waals surface area (Å²) in [5.41, 5.74) is 0. The molecule has 4 aromatic rings. The van der Waals surface area contributed by atoms with E-state index in [0.717, 1.165) is 23.0 Å². The maximum Gasteiger partial charge on any atom is 0.118 e. The largest absolute Gasteiger partial charge is 0.497 e. The molecular formula is C29H31NO4P2. The van der Waals surface area contributed by atoms with Crippen molar-refractivity contribution in [2.24, 2.45) is 0 Å². The van der Waals surface area contributed by atoms with Crippen LogP contribution in [0.15, 0.2) is 97.1 Å². The molecule has 0 aliphatic carbocycles. The first-order chi connectivity index (χ1) is 17.6. The number of benzene rings is 4. The minimum absolute atomic E-state index is 0.846. The van der Waals surface area contributed by atoms with Gasteiger partial charge in [0.25, 0.3) is 0 Å². The Kier molecular flexibility index (Phi) is 8.83. The van der Waals surface area contributed by atoms with E-state index in [0.29, 0.717) is 0 Å². The highest BCUT2D eigenvalue weighted by atomic mass is 31.2. The molecule has 0 aromatic heterocycles. The molecule has 0 bridgehead atoms. The van der Waals surface area contributed by atoms with Gasteiger partial charge in [0.2, 0.25) is 0 Å². The second-order valence-electron chi connectivity index (χ2n) is 7.91. The lowest BCUT2D eigenvalue weighted by molar-refractivity contribution is 0.415. The highest BCUT2D eigenvalue weighted by Crippen LogP contribution is 2.53. The van der Waals surface area contributed by atoms with Gasteiger partial charge in [-0.2, -0.15) is 0 Å². The first kappa shape index (κ1) is 26.0. The summed E-state index contributed by atoms with van der Waals surface area (Å²) in [4.78, 5) is 0. The van der Waals surface area contributed by atoms with Crippen molar-refractivity contribution in [2.75, 3.05) is 35.5 Å². The van der Waals surface area contributed by atoms with Crippen LogP contribution in [0.2, 0.25) is 0 Å². The van der Waals surface area contributed by atoms with Crippen LogP contribution < -0.4 is 40.2 Å². The molecule has 0 aliphatic heterocycles. The number of ether oxygens (including phenoxy) is 4. The zero-order valence-electron chi connectivity index (χ0n) is 21.2. The van der Waals surface area contributed by atoms with E-state index in [2.05, 4.69) is 60.0 Å². The van der Waals surface area contributed by atoms with Gasteiger partial charge in [-0.1, -0.05) is 0 Å². The quantitative estimate of drug-likeness (QED) is 0.275. The maximum absolute atomic E-state index is 5.43. The average molecular weight is 520 g/mol. The summed E-state index contributed by atoms with van der Waals surface area (Å²) in [5, 5.41) is 4.97. The van der Waals surface area contributed by atoms with Crippen LogP contribution in [0, 0.1) is 0 Å². The van der Waals surface area contributed by atoms with Crippen molar-refractivity contribution in [3.05, 3.63) is 97.1 Å². The van der Waals surface area contributed by atoms with E-state index in [1.165, 1.54) is 21.2 Å². The SMILES string of the molecule is COc1ccc(P(c2ccc(OC)cc2)N(C)P(c2ccc(OC)cc2)c2ccc(OC)cc2)cc1. The summed E-state index contributed by atoms with van der Waals surface area (Å²) in [5.74, 6) is 3.38. The number of methoxy groups -OCH3 is 4. The molecule has 0 radical (unpaired) electrons. The monoisotopic (exact) mass is 519 g/mol. The van der Waals surface area contributed by atoms with E-state index in [-0.39, 0.29) is 0 Å². The third-order valence-electron chi connectivity index (χ3n) is 5.85. The zero-order chi connectivity index (χ0) is 25.5. The molecule has 186 valence electrons. The Bertz CT molecular complexity index is 1040. The van der Waals surface area contributed by atoms with Crippen molar-refractivity contribution in [3.8, 4) is 23.0 Å². The molecule has 0 heterocycles. The summed E-state index contributed by atoms with van der Waals surface area (Å²) in [7, 11) is 7.27. The van der Waals surface area contributed by atoms with E-state index in [9.17, 15) is 0 Å². The van der Waals surface area contributed by atoms with Gasteiger partial charge in [0.05, 0.1) is 28.4 Å². The maximum atomic E-state index is 5.43. The lowest BCUT2D eigenvalue weighted by atomic mass is 10.3. The first-order valence-corrected chi connectivity index (χ1v) is 14.1. The topological polar surface area (TPSA) is 40.2 Å². The Morgan fingerprint density at radius 1 is 0.389 bits per heavy atom. The van der Waals surface area contributed by atoms with Crippen molar-refractivity contribution in [3.63, 3.8) is 0 Å². The van der Waals surface area contributed by atoms with Gasteiger partial charge in [0, 0.05) is 16.1 Å². The van der Waals surface area contributed by atoms with Gasteiger partial charge in [0.1, 0.15) is 23.0 Å². The number of rotatable bonds is 10. The minimum Gasteiger partial charge on any atom is -0.497 e. The summed E-state index contributed by atoms with van der Waals surface area (Å²) in [6.07, 6.45) is 0. The van der Waals surface area contributed by atoms with Crippen LogP contribution in [0.4, 0.5) is 0 Å². The second kappa shape index (κ2) is 12.2. The summed E-state index contributed by atoms with van der Waals surface area (Å²) in [6, 6.07) is 33.6. The highest BCUT2D eigenvalue weighted by molar-refractivity contribution is 7.84. The Balaban J connectivity index is 1.84. The molecule has 0 spiro atoms. The van der Waals surface area contributed by atoms with Gasteiger partial charge in [-0.05, 0) is 125 Å². The molecule has 0 fully saturated rings. The number of nitrogens with zero attached hydrogens (tertiary/aromatic N) is 1. The fraction of sp³-hybridized carbons (Fsp3) is 0.172. The minimum atomic E-state index is -0.868. The standard InChI is InChI=1S/C29H31NO4P2/c1-30(35(26-14-6-22(31-2)7-15-26)27-16-8-23(32-3)9-17-27)36(28-18-10-24(33-4)11-19-28)29-20-12-25(34-5)13-21-29/h6-21H,1-5H3. The van der Waals surface area contributed by atoms with Crippen LogP contribution in [0.1, 0.15) is 0 Å². The van der Waals surface area contributed by atoms with Crippen LogP contribution in [-0.2, 0) is 0 Å². The van der Waals surface area contributed by atoms with E-state index < -0.39 is 16.1 Å². The molecule has 5 nitrogen and oxygen atoms in total. The smallest absolute Gasteiger partial charge is 0.118 e. The fourth-order valence-electron chi connectivity index (χ4n) is 3.95. The first-order valence-electron chi connectivity index (χ1n) is 11.5. The van der Waals surface area contributed by atoms with Crippen molar-refractivity contribution < 1.29 is 18.9 Å². The third kappa shape index (κ3) is 5.82. The van der Waals surface area contributed by atoms with Crippen LogP contribution >= 0.6 is 16.1 Å². The van der Waals surface area contributed by atoms with Crippen LogP contribution in [0.5, 0.6) is 23.0 Å². The van der Waals surface area contributed by atoms with Gasteiger partial charge >= 0.3 is 0 Å². The van der Waals surface area contributed by atoms with Crippen LogP contribution in [-0.4, -0.2) is 39.9 Å². The summed E-state index contributed by atoms with van der Waals surface area (Å²) in [6.45, 7) is 0. The fourth-order valence-corrected chi connectivity index (χ4v) is 9.56. The average Bonchev–Trinajstić information content (AvgIpc) is 2.95. The molecule has 0 saturated heterocycles. The molecule has 4 aromatic carbocycles.